The number of aromatic nitrogens is 2. The number of ether oxygens (including phenoxy) is 2. The molecule has 1 aromatic heterocycles. The lowest BCUT2D eigenvalue weighted by Crippen LogP contribution is -2.42. The first-order valence-electron chi connectivity index (χ1n) is 13.3. The fourth-order valence-corrected chi connectivity index (χ4v) is 4.40. The Morgan fingerprint density at radius 2 is 1.81 bits per heavy atom. The minimum Gasteiger partial charge on any atom is -0.497 e. The average molecular weight is 600 g/mol. The van der Waals surface area contributed by atoms with Crippen molar-refractivity contribution in [1.29, 1.82) is 0 Å². The highest BCUT2D eigenvalue weighted by molar-refractivity contribution is 5.88. The Balaban J connectivity index is 0.000000331. The van der Waals surface area contributed by atoms with E-state index in [1.807, 2.05) is 42.9 Å². The third kappa shape index (κ3) is 10.2. The number of hydrogen-bond donors (Lipinski definition) is 4. The maximum atomic E-state index is 14.3. The molecule has 0 unspecified atom stereocenters. The zero-order valence-corrected chi connectivity index (χ0v) is 23.6. The summed E-state index contributed by atoms with van der Waals surface area (Å²) < 4.78 is 27.6. The number of aliphatic carboxylic acids is 3. The molecule has 1 aliphatic heterocycles. The molecule has 0 fully saturated rings. The van der Waals surface area contributed by atoms with E-state index in [9.17, 15) is 18.8 Å². The molecular formula is C30H34FN3O9. The van der Waals surface area contributed by atoms with Crippen molar-refractivity contribution in [3.63, 3.8) is 0 Å². The first kappa shape index (κ1) is 32.8. The highest BCUT2D eigenvalue weighted by Gasteiger charge is 2.40. The number of nitrogens with zero attached hydrogens (tertiary/aromatic N) is 3. The number of hydrogen-bond acceptors (Lipinski definition) is 8. The van der Waals surface area contributed by atoms with Crippen molar-refractivity contribution >= 4 is 24.0 Å². The van der Waals surface area contributed by atoms with Gasteiger partial charge in [-0.2, -0.15) is 0 Å². The fourth-order valence-electron chi connectivity index (χ4n) is 4.40. The van der Waals surface area contributed by atoms with Gasteiger partial charge in [0.15, 0.2) is 5.60 Å². The highest BCUT2D eigenvalue weighted by Crippen LogP contribution is 2.30. The van der Waals surface area contributed by atoms with Gasteiger partial charge < -0.3 is 34.5 Å². The van der Waals surface area contributed by atoms with Crippen molar-refractivity contribution in [3.8, 4) is 11.5 Å². The highest BCUT2D eigenvalue weighted by atomic mass is 19.1. The quantitative estimate of drug-likeness (QED) is 0.215. The van der Waals surface area contributed by atoms with Crippen LogP contribution in [0, 0.1) is 5.82 Å². The first-order chi connectivity index (χ1) is 20.5. The topological polar surface area (TPSA) is 172 Å². The van der Waals surface area contributed by atoms with Crippen LogP contribution in [0.4, 0.5) is 4.39 Å². The molecule has 230 valence electrons. The van der Waals surface area contributed by atoms with Gasteiger partial charge in [-0.3, -0.25) is 14.5 Å². The van der Waals surface area contributed by atoms with Gasteiger partial charge in [-0.25, -0.2) is 14.2 Å². The molecule has 0 spiro atoms. The van der Waals surface area contributed by atoms with Gasteiger partial charge in [-0.05, 0) is 42.3 Å². The van der Waals surface area contributed by atoms with E-state index in [2.05, 4.69) is 20.5 Å². The summed E-state index contributed by atoms with van der Waals surface area (Å²) in [7, 11) is 1.66. The number of aliphatic hydroxyl groups is 1. The second-order valence-corrected chi connectivity index (χ2v) is 9.93. The molecule has 4 N–H and O–H groups in total. The van der Waals surface area contributed by atoms with Gasteiger partial charge in [0.1, 0.15) is 23.9 Å². The van der Waals surface area contributed by atoms with Crippen LogP contribution >= 0.6 is 0 Å². The summed E-state index contributed by atoms with van der Waals surface area (Å²) in [4.78, 5) is 36.9. The zero-order chi connectivity index (χ0) is 31.4. The molecule has 2 heterocycles. The molecule has 0 amide bonds. The van der Waals surface area contributed by atoms with Gasteiger partial charge in [-0.1, -0.05) is 18.2 Å². The van der Waals surface area contributed by atoms with Crippen LogP contribution < -0.4 is 9.47 Å². The Bertz CT molecular complexity index is 1410. The van der Waals surface area contributed by atoms with Crippen LogP contribution in [0.2, 0.25) is 0 Å². The standard InChI is InChI=1S/C24H26FN3O2.C6H8O7/c1-29-22-7-8-24-21(14-22)13-19(17-30-24)15-28(11-4-10-27-12-9-26-18-27)16-20-5-2-3-6-23(20)25;7-3(8)1-6(13,5(11)12)2-4(9)10/h2-3,5-9,12-14,18H,4,10-11,15-17H2,1H3;13H,1-2H2,(H,7,8)(H,9,10)(H,11,12). The lowest BCUT2D eigenvalue weighted by Gasteiger charge is -2.26. The smallest absolute Gasteiger partial charge is 0.336 e. The molecule has 1 aliphatic rings. The molecule has 12 nitrogen and oxygen atoms in total. The molecular weight excluding hydrogens is 565 g/mol. The Morgan fingerprint density at radius 3 is 2.42 bits per heavy atom. The summed E-state index contributed by atoms with van der Waals surface area (Å²) in [5, 5.41) is 33.8. The van der Waals surface area contributed by atoms with Crippen LogP contribution in [0.15, 0.2) is 66.8 Å². The Hall–Kier alpha value is -4.75. The summed E-state index contributed by atoms with van der Waals surface area (Å²) >= 11 is 0. The van der Waals surface area contributed by atoms with Crippen LogP contribution in [0.25, 0.3) is 6.08 Å². The maximum absolute atomic E-state index is 14.3. The molecule has 0 aliphatic carbocycles. The summed E-state index contributed by atoms with van der Waals surface area (Å²) in [6.45, 7) is 3.53. The first-order valence-corrected chi connectivity index (χ1v) is 13.3. The lowest BCUT2D eigenvalue weighted by molar-refractivity contribution is -0.170. The molecule has 0 bridgehead atoms. The van der Waals surface area contributed by atoms with E-state index in [0.717, 1.165) is 48.7 Å². The van der Waals surface area contributed by atoms with E-state index < -0.39 is 36.4 Å². The largest absolute Gasteiger partial charge is 0.497 e. The molecule has 43 heavy (non-hydrogen) atoms. The van der Waals surface area contributed by atoms with Gasteiger partial charge in [-0.15, -0.1) is 0 Å². The number of carboxylic acid groups (broad SMARTS) is 3. The number of benzene rings is 2. The predicted molar refractivity (Wildman–Crippen MR) is 152 cm³/mol. The fraction of sp³-hybridized carbons (Fsp3) is 0.333. The van der Waals surface area contributed by atoms with Gasteiger partial charge in [0.05, 0.1) is 26.3 Å². The van der Waals surface area contributed by atoms with E-state index in [-0.39, 0.29) is 5.82 Å². The minimum atomic E-state index is -2.74. The Kier molecular flexibility index (Phi) is 11.8. The van der Waals surface area contributed by atoms with E-state index in [0.29, 0.717) is 18.7 Å². The van der Waals surface area contributed by atoms with Crippen molar-refractivity contribution in [2.24, 2.45) is 0 Å². The van der Waals surface area contributed by atoms with E-state index in [4.69, 9.17) is 29.9 Å². The van der Waals surface area contributed by atoms with Crippen LogP contribution in [-0.4, -0.2) is 85.2 Å². The predicted octanol–water partition coefficient (Wildman–Crippen LogP) is 3.15. The average Bonchev–Trinajstić information content (AvgIpc) is 3.47. The Labute approximate surface area is 247 Å². The molecule has 0 atom stereocenters. The summed E-state index contributed by atoms with van der Waals surface area (Å²) in [5.74, 6) is -3.52. The minimum absolute atomic E-state index is 0.166. The van der Waals surface area contributed by atoms with Crippen LogP contribution in [0.3, 0.4) is 0 Å². The van der Waals surface area contributed by atoms with Crippen LogP contribution in [-0.2, 0) is 27.5 Å². The van der Waals surface area contributed by atoms with Crippen molar-refractivity contribution in [1.82, 2.24) is 14.5 Å². The normalized spacial score (nSPS) is 12.3. The number of carbonyl (C=O) groups is 3. The molecule has 2 aromatic carbocycles. The van der Waals surface area contributed by atoms with Gasteiger partial charge >= 0.3 is 17.9 Å². The molecule has 0 saturated carbocycles. The van der Waals surface area contributed by atoms with Crippen molar-refractivity contribution < 1.29 is 48.7 Å². The van der Waals surface area contributed by atoms with Crippen molar-refractivity contribution in [2.75, 3.05) is 26.8 Å². The molecule has 0 radical (unpaired) electrons. The third-order valence-electron chi connectivity index (χ3n) is 6.50. The molecule has 3 aromatic rings. The summed E-state index contributed by atoms with van der Waals surface area (Å²) in [6, 6.07) is 12.8. The monoisotopic (exact) mass is 599 g/mol. The van der Waals surface area contributed by atoms with Crippen LogP contribution in [0.5, 0.6) is 11.5 Å². The lowest BCUT2D eigenvalue weighted by atomic mass is 9.96. The second-order valence-electron chi connectivity index (χ2n) is 9.93. The van der Waals surface area contributed by atoms with Crippen molar-refractivity contribution in [2.45, 2.75) is 38.0 Å². The molecule has 4 rings (SSSR count). The third-order valence-corrected chi connectivity index (χ3v) is 6.50. The van der Waals surface area contributed by atoms with Gasteiger partial charge in [0, 0.05) is 49.7 Å². The molecule has 0 saturated heterocycles. The van der Waals surface area contributed by atoms with E-state index in [1.54, 1.807) is 19.4 Å². The SMILES string of the molecule is COc1ccc2c(c1)C=C(CN(CCCn1ccnc1)Cc1ccccc1F)CO2.O=C(O)CC(O)(CC(=O)O)C(=O)O. The number of aryl methyl sites for hydroxylation is 1. The number of fused-ring (bicyclic) bond motifs is 1. The zero-order valence-electron chi connectivity index (χ0n) is 23.6. The van der Waals surface area contributed by atoms with Gasteiger partial charge in [0.25, 0.3) is 0 Å². The van der Waals surface area contributed by atoms with E-state index in [1.165, 1.54) is 6.07 Å². The number of methoxy groups -OCH3 is 1. The Morgan fingerprint density at radius 1 is 1.09 bits per heavy atom. The number of rotatable bonds is 14. The number of halogens is 1. The van der Waals surface area contributed by atoms with Crippen molar-refractivity contribution in [3.05, 3.63) is 83.7 Å². The summed E-state index contributed by atoms with van der Waals surface area (Å²) in [6.07, 6.45) is 6.39. The number of carboxylic acids is 3. The molecule has 13 heteroatoms. The van der Waals surface area contributed by atoms with Gasteiger partial charge in [0.2, 0.25) is 0 Å². The number of imidazole rings is 1. The summed E-state index contributed by atoms with van der Waals surface area (Å²) in [5.41, 5.74) is 0.145. The maximum Gasteiger partial charge on any atom is 0.336 e. The van der Waals surface area contributed by atoms with Crippen LogP contribution in [0.1, 0.15) is 30.4 Å². The second kappa shape index (κ2) is 15.5. The van der Waals surface area contributed by atoms with E-state index >= 15 is 0 Å².